The van der Waals surface area contributed by atoms with Gasteiger partial charge < -0.3 is 19.6 Å². The Morgan fingerprint density at radius 1 is 0.933 bits per heavy atom. The molecule has 1 saturated heterocycles. The summed E-state index contributed by atoms with van der Waals surface area (Å²) in [5.41, 5.74) is 1.40. The molecule has 0 radical (unpaired) electrons. The summed E-state index contributed by atoms with van der Waals surface area (Å²) in [7, 11) is 1.92. The summed E-state index contributed by atoms with van der Waals surface area (Å²) >= 11 is 0. The van der Waals surface area contributed by atoms with Crippen LogP contribution >= 0.6 is 0 Å². The van der Waals surface area contributed by atoms with Crippen LogP contribution < -0.4 is 14.7 Å². The number of nitrogens with zero attached hydrogens (tertiary/aromatic N) is 5. The molecule has 4 rings (SSSR count). The lowest BCUT2D eigenvalue weighted by atomic mass is 10.1. The van der Waals surface area contributed by atoms with E-state index >= 15 is 0 Å². The maximum Gasteiger partial charge on any atom is 0.227 e. The zero-order valence-electron chi connectivity index (χ0n) is 17.1. The van der Waals surface area contributed by atoms with Crippen molar-refractivity contribution in [2.75, 3.05) is 61.0 Å². The van der Waals surface area contributed by atoms with Crippen LogP contribution in [0.5, 0.6) is 0 Å². The van der Waals surface area contributed by atoms with E-state index in [4.69, 9.17) is 0 Å². The lowest BCUT2D eigenvalue weighted by molar-refractivity contribution is -0.133. The number of carbonyl (C=O) groups is 2. The Labute approximate surface area is 175 Å². The van der Waals surface area contributed by atoms with Crippen LogP contribution in [0.15, 0.2) is 42.6 Å². The first-order valence-corrected chi connectivity index (χ1v) is 10.3. The summed E-state index contributed by atoms with van der Waals surface area (Å²) in [6.45, 7) is 3.85. The number of hydrogen-bond acceptors (Lipinski definition) is 5. The summed E-state index contributed by atoms with van der Waals surface area (Å²) in [5, 5.41) is 0. The molecule has 2 aromatic rings. The van der Waals surface area contributed by atoms with Crippen molar-refractivity contribution in [2.24, 2.45) is 0 Å². The molecule has 0 N–H and O–H groups in total. The van der Waals surface area contributed by atoms with E-state index in [0.29, 0.717) is 31.9 Å². The monoisotopic (exact) mass is 411 g/mol. The maximum absolute atomic E-state index is 13.7. The van der Waals surface area contributed by atoms with Gasteiger partial charge in [-0.2, -0.15) is 0 Å². The van der Waals surface area contributed by atoms with Gasteiger partial charge in [-0.15, -0.1) is 0 Å². The number of piperazine rings is 1. The molecule has 2 aliphatic heterocycles. The van der Waals surface area contributed by atoms with E-state index in [-0.39, 0.29) is 30.5 Å². The predicted molar refractivity (Wildman–Crippen MR) is 114 cm³/mol. The van der Waals surface area contributed by atoms with E-state index in [1.165, 1.54) is 12.1 Å². The number of likely N-dealkylation sites (N-methyl/N-ethyl adjacent to an activating group) is 1. The van der Waals surface area contributed by atoms with Crippen LogP contribution in [0.3, 0.4) is 0 Å². The topological polar surface area (TPSA) is 60.0 Å². The first-order chi connectivity index (χ1) is 14.5. The highest BCUT2D eigenvalue weighted by Gasteiger charge is 2.27. The smallest absolute Gasteiger partial charge is 0.227 e. The molecule has 2 aliphatic rings. The molecule has 0 unspecified atom stereocenters. The second kappa shape index (κ2) is 8.69. The molecule has 1 fully saturated rings. The van der Waals surface area contributed by atoms with Crippen molar-refractivity contribution < 1.29 is 14.0 Å². The Kier molecular flexibility index (Phi) is 5.83. The van der Waals surface area contributed by atoms with Gasteiger partial charge in [0, 0.05) is 65.4 Å². The molecule has 0 aliphatic carbocycles. The lowest BCUT2D eigenvalue weighted by Gasteiger charge is -2.36. The minimum atomic E-state index is -0.372. The highest BCUT2D eigenvalue weighted by molar-refractivity contribution is 5.99. The normalized spacial score (nSPS) is 16.5. The number of fused-ring (bicyclic) bond motifs is 1. The van der Waals surface area contributed by atoms with Gasteiger partial charge >= 0.3 is 0 Å². The third kappa shape index (κ3) is 4.22. The molecule has 1 aromatic carbocycles. The first-order valence-electron chi connectivity index (χ1n) is 10.3. The molecule has 158 valence electrons. The molecule has 2 amide bonds. The Morgan fingerprint density at radius 2 is 1.70 bits per heavy atom. The number of benzene rings is 1. The molecular weight excluding hydrogens is 385 g/mol. The van der Waals surface area contributed by atoms with Crippen LogP contribution in [0.1, 0.15) is 12.8 Å². The largest absolute Gasteiger partial charge is 0.371 e. The van der Waals surface area contributed by atoms with Crippen molar-refractivity contribution in [1.82, 2.24) is 9.88 Å². The van der Waals surface area contributed by atoms with Gasteiger partial charge in [0.1, 0.15) is 11.6 Å². The third-order valence-corrected chi connectivity index (χ3v) is 5.76. The summed E-state index contributed by atoms with van der Waals surface area (Å²) in [6.07, 6.45) is 2.05. The molecule has 0 bridgehead atoms. The average Bonchev–Trinajstić information content (AvgIpc) is 2.78. The van der Waals surface area contributed by atoms with Gasteiger partial charge in [0.15, 0.2) is 0 Å². The fourth-order valence-corrected chi connectivity index (χ4v) is 4.02. The number of hydrogen-bond donors (Lipinski definition) is 0. The minimum Gasteiger partial charge on any atom is -0.371 e. The Balaban J connectivity index is 1.31. The van der Waals surface area contributed by atoms with E-state index in [1.54, 1.807) is 17.2 Å². The number of rotatable bonds is 4. The zero-order chi connectivity index (χ0) is 21.1. The second-order valence-corrected chi connectivity index (χ2v) is 7.66. The molecule has 8 heteroatoms. The number of pyridine rings is 1. The SMILES string of the molecule is CN1CCN(C(=O)CCC(=O)N2CCN(c3ccccn3)CC2)c2cc(F)ccc21. The van der Waals surface area contributed by atoms with Crippen LogP contribution in [0, 0.1) is 5.82 Å². The van der Waals surface area contributed by atoms with Gasteiger partial charge in [-0.05, 0) is 30.3 Å². The number of amides is 2. The molecular formula is C22H26FN5O2. The van der Waals surface area contributed by atoms with Crippen molar-refractivity contribution >= 4 is 29.0 Å². The molecule has 30 heavy (non-hydrogen) atoms. The van der Waals surface area contributed by atoms with Crippen LogP contribution in [-0.2, 0) is 9.59 Å². The van der Waals surface area contributed by atoms with Crippen molar-refractivity contribution in [2.45, 2.75) is 12.8 Å². The fourth-order valence-electron chi connectivity index (χ4n) is 4.02. The Morgan fingerprint density at radius 3 is 2.43 bits per heavy atom. The molecule has 7 nitrogen and oxygen atoms in total. The van der Waals surface area contributed by atoms with E-state index in [1.807, 2.05) is 35.0 Å². The Hall–Kier alpha value is -3.16. The summed E-state index contributed by atoms with van der Waals surface area (Å²) in [4.78, 5) is 37.4. The van der Waals surface area contributed by atoms with E-state index in [9.17, 15) is 14.0 Å². The number of anilines is 3. The average molecular weight is 411 g/mol. The summed E-state index contributed by atoms with van der Waals surface area (Å²) in [6, 6.07) is 10.3. The van der Waals surface area contributed by atoms with Crippen molar-refractivity contribution in [3.05, 3.63) is 48.4 Å². The van der Waals surface area contributed by atoms with Crippen molar-refractivity contribution in [3.63, 3.8) is 0 Å². The van der Waals surface area contributed by atoms with Gasteiger partial charge in [-0.25, -0.2) is 9.37 Å². The van der Waals surface area contributed by atoms with Gasteiger partial charge in [0.05, 0.1) is 11.4 Å². The summed E-state index contributed by atoms with van der Waals surface area (Å²) < 4.78 is 13.7. The molecule has 1 aromatic heterocycles. The van der Waals surface area contributed by atoms with E-state index < -0.39 is 0 Å². The van der Waals surface area contributed by atoms with Crippen LogP contribution in [0.25, 0.3) is 0 Å². The van der Waals surface area contributed by atoms with Gasteiger partial charge in [-0.1, -0.05) is 6.07 Å². The lowest BCUT2D eigenvalue weighted by Crippen LogP contribution is -2.49. The highest BCUT2D eigenvalue weighted by Crippen LogP contribution is 2.33. The van der Waals surface area contributed by atoms with Crippen molar-refractivity contribution in [3.8, 4) is 0 Å². The Bertz CT molecular complexity index is 915. The molecule has 0 spiro atoms. The van der Waals surface area contributed by atoms with Gasteiger partial charge in [0.25, 0.3) is 0 Å². The van der Waals surface area contributed by atoms with Crippen LogP contribution in [0.2, 0.25) is 0 Å². The highest BCUT2D eigenvalue weighted by atomic mass is 19.1. The number of aromatic nitrogens is 1. The van der Waals surface area contributed by atoms with Gasteiger partial charge in [0.2, 0.25) is 11.8 Å². The maximum atomic E-state index is 13.7. The van der Waals surface area contributed by atoms with E-state index in [0.717, 1.165) is 24.6 Å². The number of halogens is 1. The molecule has 0 atom stereocenters. The zero-order valence-corrected chi connectivity index (χ0v) is 17.1. The standard InChI is InChI=1S/C22H26FN5O2/c1-25-10-15-28(19-16-17(23)5-6-18(19)25)22(30)8-7-21(29)27-13-11-26(12-14-27)20-4-2-3-9-24-20/h2-6,9,16H,7-8,10-15H2,1H3. The van der Waals surface area contributed by atoms with E-state index in [2.05, 4.69) is 9.88 Å². The first kappa shape index (κ1) is 20.1. The molecule has 0 saturated carbocycles. The van der Waals surface area contributed by atoms with Crippen LogP contribution in [0.4, 0.5) is 21.6 Å². The third-order valence-electron chi connectivity index (χ3n) is 5.76. The van der Waals surface area contributed by atoms with Gasteiger partial charge in [-0.3, -0.25) is 9.59 Å². The van der Waals surface area contributed by atoms with Crippen LogP contribution in [-0.4, -0.2) is 68.0 Å². The molecule has 3 heterocycles. The summed E-state index contributed by atoms with van der Waals surface area (Å²) in [5.74, 6) is 0.387. The predicted octanol–water partition coefficient (Wildman–Crippen LogP) is 2.13. The number of carbonyl (C=O) groups excluding carboxylic acids is 2. The minimum absolute atomic E-state index is 0.0161. The fraction of sp³-hybridized carbons (Fsp3) is 0.409. The van der Waals surface area contributed by atoms with Crippen molar-refractivity contribution in [1.29, 1.82) is 0 Å². The second-order valence-electron chi connectivity index (χ2n) is 7.66. The quantitative estimate of drug-likeness (QED) is 0.772.